The zero-order valence-electron chi connectivity index (χ0n) is 21.9. The van der Waals surface area contributed by atoms with Gasteiger partial charge in [0.1, 0.15) is 10.7 Å². The minimum Gasteiger partial charge on any atom is -0.459 e. The lowest BCUT2D eigenvalue weighted by atomic mass is 10.0. The summed E-state index contributed by atoms with van der Waals surface area (Å²) in [6.07, 6.45) is 1.62. The van der Waals surface area contributed by atoms with Crippen LogP contribution in [0.3, 0.4) is 0 Å². The summed E-state index contributed by atoms with van der Waals surface area (Å²) in [4.78, 5) is 55.5. The molecule has 38 heavy (non-hydrogen) atoms. The van der Waals surface area contributed by atoms with E-state index in [1.54, 1.807) is 55.1 Å². The molecule has 9 nitrogen and oxygen atoms in total. The van der Waals surface area contributed by atoms with E-state index < -0.39 is 17.8 Å². The number of imide groups is 1. The number of likely N-dealkylation sites (tertiary alicyclic amines) is 1. The number of quaternary nitrogens is 1. The molecular weight excluding hydrogens is 508 g/mol. The number of nitrogens with one attached hydrogen (secondary N) is 2. The van der Waals surface area contributed by atoms with E-state index in [9.17, 15) is 19.2 Å². The van der Waals surface area contributed by atoms with Crippen molar-refractivity contribution in [3.63, 3.8) is 0 Å². The SMILES string of the molecule is CC(C)OC(=O)c1cccc(N2C(=O)C(Cl)=C(Nc3ccc(C(=O)N(C)C4CC[NH+](C)CC4)cc3)C2=O)c1. The molecule has 0 radical (unpaired) electrons. The summed E-state index contributed by atoms with van der Waals surface area (Å²) < 4.78 is 5.20. The van der Waals surface area contributed by atoms with Crippen LogP contribution in [0.4, 0.5) is 11.4 Å². The number of carbonyl (C=O) groups is 4. The number of anilines is 2. The number of amides is 3. The fraction of sp³-hybridized carbons (Fsp3) is 0.357. The second-order valence-corrected chi connectivity index (χ2v) is 10.3. The van der Waals surface area contributed by atoms with E-state index >= 15 is 0 Å². The summed E-state index contributed by atoms with van der Waals surface area (Å²) in [6, 6.07) is 13.0. The van der Waals surface area contributed by atoms with Crippen LogP contribution in [0.2, 0.25) is 0 Å². The lowest BCUT2D eigenvalue weighted by molar-refractivity contribution is -0.885. The molecular formula is C28H32ClN4O5+. The maximum atomic E-state index is 13.2. The van der Waals surface area contributed by atoms with Crippen molar-refractivity contribution < 1.29 is 28.8 Å². The molecule has 0 spiro atoms. The second kappa shape index (κ2) is 11.4. The van der Waals surface area contributed by atoms with Crippen LogP contribution in [-0.2, 0) is 14.3 Å². The molecule has 0 aliphatic carbocycles. The Morgan fingerprint density at radius 3 is 2.34 bits per heavy atom. The molecule has 1 saturated heterocycles. The van der Waals surface area contributed by atoms with Crippen LogP contribution < -0.4 is 15.1 Å². The summed E-state index contributed by atoms with van der Waals surface area (Å²) in [5.74, 6) is -1.98. The Morgan fingerprint density at radius 2 is 1.71 bits per heavy atom. The minimum absolute atomic E-state index is 0.0625. The van der Waals surface area contributed by atoms with Crippen LogP contribution in [0.5, 0.6) is 0 Å². The molecule has 0 bridgehead atoms. The Bertz CT molecular complexity index is 1280. The summed E-state index contributed by atoms with van der Waals surface area (Å²) in [5, 5.41) is 2.64. The van der Waals surface area contributed by atoms with Crippen molar-refractivity contribution in [1.29, 1.82) is 0 Å². The fourth-order valence-electron chi connectivity index (χ4n) is 4.59. The van der Waals surface area contributed by atoms with Crippen LogP contribution in [0, 0.1) is 0 Å². The normalized spacial score (nSPS) is 19.7. The molecule has 200 valence electrons. The Morgan fingerprint density at radius 1 is 1.05 bits per heavy atom. The van der Waals surface area contributed by atoms with E-state index in [1.807, 2.05) is 7.05 Å². The van der Waals surface area contributed by atoms with Gasteiger partial charge < -0.3 is 19.9 Å². The molecule has 2 aromatic carbocycles. The summed E-state index contributed by atoms with van der Waals surface area (Å²) in [6.45, 7) is 5.54. The third-order valence-corrected chi connectivity index (χ3v) is 7.14. The number of nitrogens with zero attached hydrogens (tertiary/aromatic N) is 2. The molecule has 0 unspecified atom stereocenters. The lowest BCUT2D eigenvalue weighted by Crippen LogP contribution is -3.10. The molecule has 4 rings (SSSR count). The third-order valence-electron chi connectivity index (χ3n) is 6.79. The van der Waals surface area contributed by atoms with Gasteiger partial charge in [-0.2, -0.15) is 0 Å². The third kappa shape index (κ3) is 5.74. The number of carbonyl (C=O) groups excluding carboxylic acids is 4. The van der Waals surface area contributed by atoms with Crippen molar-refractivity contribution in [2.75, 3.05) is 37.4 Å². The predicted molar refractivity (Wildman–Crippen MR) is 144 cm³/mol. The smallest absolute Gasteiger partial charge is 0.338 e. The highest BCUT2D eigenvalue weighted by Gasteiger charge is 2.39. The Balaban J connectivity index is 1.46. The minimum atomic E-state index is -0.707. The fourth-order valence-corrected chi connectivity index (χ4v) is 4.81. The molecule has 10 heteroatoms. The molecule has 0 aromatic heterocycles. The van der Waals surface area contributed by atoms with Crippen LogP contribution in [-0.4, -0.2) is 67.9 Å². The molecule has 2 N–H and O–H groups in total. The number of benzene rings is 2. The molecule has 2 aliphatic rings. The molecule has 1 fully saturated rings. The van der Waals surface area contributed by atoms with Gasteiger partial charge >= 0.3 is 5.97 Å². The van der Waals surface area contributed by atoms with E-state index in [4.69, 9.17) is 16.3 Å². The Labute approximate surface area is 227 Å². The first-order valence-electron chi connectivity index (χ1n) is 12.6. The van der Waals surface area contributed by atoms with E-state index in [1.165, 1.54) is 17.0 Å². The van der Waals surface area contributed by atoms with E-state index in [-0.39, 0.29) is 40.0 Å². The highest BCUT2D eigenvalue weighted by molar-refractivity contribution is 6.53. The number of hydrogen-bond acceptors (Lipinski definition) is 6. The zero-order valence-corrected chi connectivity index (χ0v) is 22.7. The molecule has 2 aromatic rings. The lowest BCUT2D eigenvalue weighted by Gasteiger charge is -2.33. The highest BCUT2D eigenvalue weighted by Crippen LogP contribution is 2.31. The average Bonchev–Trinajstić information content (AvgIpc) is 3.11. The Kier molecular flexibility index (Phi) is 8.18. The largest absolute Gasteiger partial charge is 0.459 e. The van der Waals surface area contributed by atoms with Crippen LogP contribution in [0.15, 0.2) is 59.3 Å². The average molecular weight is 540 g/mol. The van der Waals surface area contributed by atoms with Crippen LogP contribution in [0.25, 0.3) is 0 Å². The standard InChI is InChI=1S/C28H31ClN4O5/c1-17(2)38-28(37)19-6-5-7-22(16-19)33-26(35)23(29)24(27(33)36)30-20-10-8-18(9-11-20)25(34)32(4)21-12-14-31(3)15-13-21/h5-11,16-17,21,30H,12-15H2,1-4H3/p+1. The molecule has 0 atom stereocenters. The van der Waals surface area contributed by atoms with Crippen molar-refractivity contribution in [3.05, 3.63) is 70.4 Å². The number of hydrogen-bond donors (Lipinski definition) is 2. The summed E-state index contributed by atoms with van der Waals surface area (Å²) >= 11 is 6.26. The first-order valence-corrected chi connectivity index (χ1v) is 13.0. The number of esters is 1. The van der Waals surface area contributed by atoms with E-state index in [0.717, 1.165) is 30.8 Å². The molecule has 2 heterocycles. The van der Waals surface area contributed by atoms with Gasteiger partial charge in [0.2, 0.25) is 0 Å². The highest BCUT2D eigenvalue weighted by atomic mass is 35.5. The summed E-state index contributed by atoms with van der Waals surface area (Å²) in [7, 11) is 3.99. The van der Waals surface area contributed by atoms with E-state index in [2.05, 4.69) is 12.4 Å². The quantitative estimate of drug-likeness (QED) is 0.414. The molecule has 0 saturated carbocycles. The van der Waals surface area contributed by atoms with Gasteiger partial charge in [0, 0.05) is 37.2 Å². The maximum absolute atomic E-state index is 13.2. The van der Waals surface area contributed by atoms with Gasteiger partial charge in [-0.25, -0.2) is 9.69 Å². The number of ether oxygens (including phenoxy) is 1. The van der Waals surface area contributed by atoms with Crippen molar-refractivity contribution in [1.82, 2.24) is 4.90 Å². The first kappa shape index (κ1) is 27.3. The van der Waals surface area contributed by atoms with Crippen molar-refractivity contribution in [3.8, 4) is 0 Å². The van der Waals surface area contributed by atoms with Crippen LogP contribution >= 0.6 is 11.6 Å². The predicted octanol–water partition coefficient (Wildman–Crippen LogP) is 2.44. The van der Waals surface area contributed by atoms with Gasteiger partial charge in [0.05, 0.1) is 37.5 Å². The van der Waals surface area contributed by atoms with Gasteiger partial charge in [-0.05, 0) is 56.3 Å². The van der Waals surface area contributed by atoms with Gasteiger partial charge in [-0.1, -0.05) is 17.7 Å². The van der Waals surface area contributed by atoms with Gasteiger partial charge in [-0.15, -0.1) is 0 Å². The monoisotopic (exact) mass is 539 g/mol. The summed E-state index contributed by atoms with van der Waals surface area (Å²) in [5.41, 5.74) is 1.35. The van der Waals surface area contributed by atoms with Crippen molar-refractivity contribution in [2.24, 2.45) is 0 Å². The molecule has 2 aliphatic heterocycles. The number of rotatable bonds is 7. The maximum Gasteiger partial charge on any atom is 0.338 e. The number of halogens is 1. The first-order chi connectivity index (χ1) is 18.1. The van der Waals surface area contributed by atoms with Crippen molar-refractivity contribution in [2.45, 2.75) is 38.8 Å². The topological polar surface area (TPSA) is 100 Å². The number of piperidine rings is 1. The van der Waals surface area contributed by atoms with Gasteiger partial charge in [0.15, 0.2) is 0 Å². The zero-order chi connectivity index (χ0) is 27.6. The van der Waals surface area contributed by atoms with Crippen molar-refractivity contribution >= 4 is 46.7 Å². The Hall–Kier alpha value is -3.69. The van der Waals surface area contributed by atoms with Gasteiger partial charge in [-0.3, -0.25) is 14.4 Å². The molecule has 3 amide bonds. The second-order valence-electron chi connectivity index (χ2n) is 9.95. The van der Waals surface area contributed by atoms with E-state index in [0.29, 0.717) is 11.3 Å². The van der Waals surface area contributed by atoms with Gasteiger partial charge in [0.25, 0.3) is 17.7 Å². The van der Waals surface area contributed by atoms with Crippen LogP contribution in [0.1, 0.15) is 47.4 Å².